The molecule has 0 amide bonds. The van der Waals surface area contributed by atoms with Gasteiger partial charge in [0.1, 0.15) is 0 Å². The highest BCUT2D eigenvalue weighted by Gasteiger charge is 2.31. The lowest BCUT2D eigenvalue weighted by molar-refractivity contribution is 0.0220. The molecule has 0 N–H and O–H groups in total. The quantitative estimate of drug-likeness (QED) is 0.559. The number of esters is 1. The highest BCUT2D eigenvalue weighted by Crippen LogP contribution is 2.33. The molecule has 4 rings (SSSR count). The number of ether oxygens (including phenoxy) is 2. The number of rotatable bonds is 6. The van der Waals surface area contributed by atoms with Gasteiger partial charge in [-0.25, -0.2) is 4.79 Å². The van der Waals surface area contributed by atoms with Crippen LogP contribution in [0.15, 0.2) is 48.5 Å². The summed E-state index contributed by atoms with van der Waals surface area (Å²) in [5, 5.41) is 13.1. The Hall–Kier alpha value is -2.81. The van der Waals surface area contributed by atoms with E-state index in [9.17, 15) is 4.79 Å². The van der Waals surface area contributed by atoms with Gasteiger partial charge in [0, 0.05) is 18.1 Å². The molecule has 3 aromatic rings. The zero-order valence-electron chi connectivity index (χ0n) is 16.6. The van der Waals surface area contributed by atoms with Crippen LogP contribution in [-0.4, -0.2) is 64.0 Å². The van der Waals surface area contributed by atoms with Crippen LogP contribution in [0.1, 0.15) is 34.7 Å². The van der Waals surface area contributed by atoms with E-state index < -0.39 is 0 Å². The average Bonchev–Trinajstić information content (AvgIpc) is 3.26. The molecule has 1 aliphatic heterocycles. The first-order valence-corrected chi connectivity index (χ1v) is 10.2. The van der Waals surface area contributed by atoms with Gasteiger partial charge in [-0.15, -0.1) is 5.10 Å². The molecule has 1 atom stereocenters. The fourth-order valence-electron chi connectivity index (χ4n) is 3.53. The van der Waals surface area contributed by atoms with Gasteiger partial charge in [0.2, 0.25) is 0 Å². The lowest BCUT2D eigenvalue weighted by Crippen LogP contribution is -2.40. The second kappa shape index (κ2) is 9.34. The van der Waals surface area contributed by atoms with E-state index >= 15 is 0 Å². The van der Waals surface area contributed by atoms with Crippen LogP contribution in [0, 0.1) is 0 Å². The summed E-state index contributed by atoms with van der Waals surface area (Å²) in [6, 6.07) is 14.5. The topological polar surface area (TPSA) is 82.4 Å². The van der Waals surface area contributed by atoms with Crippen LogP contribution in [0.2, 0.25) is 5.02 Å². The Morgan fingerprint density at radius 1 is 1.17 bits per heavy atom. The van der Waals surface area contributed by atoms with Crippen LogP contribution in [0.5, 0.6) is 0 Å². The third-order valence-electron chi connectivity index (χ3n) is 4.97. The molecule has 1 saturated heterocycles. The number of tetrazole rings is 1. The van der Waals surface area contributed by atoms with Crippen molar-refractivity contribution >= 4 is 17.6 Å². The molecule has 9 heteroatoms. The third-order valence-corrected chi connectivity index (χ3v) is 5.32. The summed E-state index contributed by atoms with van der Waals surface area (Å²) in [4.78, 5) is 14.2. The molecule has 0 radical (unpaired) electrons. The van der Waals surface area contributed by atoms with Gasteiger partial charge in [-0.1, -0.05) is 29.8 Å². The zero-order chi connectivity index (χ0) is 20.9. The van der Waals surface area contributed by atoms with Crippen LogP contribution in [0.4, 0.5) is 0 Å². The van der Waals surface area contributed by atoms with Crippen molar-refractivity contribution in [2.75, 3.05) is 32.9 Å². The molecule has 8 nitrogen and oxygen atoms in total. The minimum Gasteiger partial charge on any atom is -0.462 e. The Kier molecular flexibility index (Phi) is 6.37. The van der Waals surface area contributed by atoms with E-state index in [0.717, 1.165) is 24.3 Å². The van der Waals surface area contributed by atoms with Gasteiger partial charge in [-0.3, -0.25) is 4.90 Å². The van der Waals surface area contributed by atoms with Crippen molar-refractivity contribution < 1.29 is 14.3 Å². The van der Waals surface area contributed by atoms with Crippen LogP contribution in [-0.2, 0) is 9.47 Å². The number of nitrogens with zero attached hydrogens (tertiary/aromatic N) is 5. The number of aromatic nitrogens is 4. The normalized spacial score (nSPS) is 15.7. The third kappa shape index (κ3) is 4.21. The first-order valence-electron chi connectivity index (χ1n) is 9.81. The van der Waals surface area contributed by atoms with Crippen LogP contribution < -0.4 is 0 Å². The van der Waals surface area contributed by atoms with E-state index in [2.05, 4.69) is 20.4 Å². The van der Waals surface area contributed by atoms with Crippen LogP contribution in [0.3, 0.4) is 0 Å². The molecular formula is C21H22ClN5O3. The van der Waals surface area contributed by atoms with Crippen molar-refractivity contribution in [3.8, 4) is 5.69 Å². The number of morpholine rings is 1. The predicted octanol–water partition coefficient (Wildman–Crippen LogP) is 2.91. The Bertz CT molecular complexity index is 1000. The maximum Gasteiger partial charge on any atom is 0.338 e. The minimum atomic E-state index is -0.358. The van der Waals surface area contributed by atoms with Crippen molar-refractivity contribution in [1.82, 2.24) is 25.1 Å². The maximum absolute atomic E-state index is 11.9. The Balaban J connectivity index is 1.72. The predicted molar refractivity (Wildman–Crippen MR) is 111 cm³/mol. The minimum absolute atomic E-state index is 0.234. The van der Waals surface area contributed by atoms with E-state index in [4.69, 9.17) is 21.1 Å². The van der Waals surface area contributed by atoms with Gasteiger partial charge in [-0.05, 0) is 53.2 Å². The highest BCUT2D eigenvalue weighted by atomic mass is 35.5. The Morgan fingerprint density at radius 2 is 1.90 bits per heavy atom. The summed E-state index contributed by atoms with van der Waals surface area (Å²) in [5.41, 5.74) is 2.15. The van der Waals surface area contributed by atoms with Gasteiger partial charge >= 0.3 is 5.97 Å². The molecule has 0 bridgehead atoms. The summed E-state index contributed by atoms with van der Waals surface area (Å²) in [6.07, 6.45) is 0. The first kappa shape index (κ1) is 20.5. The molecular weight excluding hydrogens is 406 g/mol. The molecule has 1 fully saturated rings. The summed E-state index contributed by atoms with van der Waals surface area (Å²) in [5.74, 6) is 0.289. The van der Waals surface area contributed by atoms with Crippen molar-refractivity contribution in [2.45, 2.75) is 13.0 Å². The zero-order valence-corrected chi connectivity index (χ0v) is 17.3. The second-order valence-electron chi connectivity index (χ2n) is 6.79. The van der Waals surface area contributed by atoms with E-state index in [1.165, 1.54) is 0 Å². The highest BCUT2D eigenvalue weighted by molar-refractivity contribution is 6.31. The van der Waals surface area contributed by atoms with E-state index in [1.54, 1.807) is 35.9 Å². The van der Waals surface area contributed by atoms with Gasteiger partial charge < -0.3 is 9.47 Å². The van der Waals surface area contributed by atoms with Crippen molar-refractivity contribution in [2.24, 2.45) is 0 Å². The monoisotopic (exact) mass is 427 g/mol. The fourth-order valence-corrected chi connectivity index (χ4v) is 3.77. The van der Waals surface area contributed by atoms with Gasteiger partial charge in [0.05, 0.1) is 37.1 Å². The maximum atomic E-state index is 11.9. The Morgan fingerprint density at radius 3 is 2.60 bits per heavy atom. The summed E-state index contributed by atoms with van der Waals surface area (Å²) < 4.78 is 12.3. The molecule has 1 aromatic heterocycles. The molecule has 0 spiro atoms. The number of hydrogen-bond acceptors (Lipinski definition) is 7. The molecule has 1 unspecified atom stereocenters. The molecule has 0 saturated carbocycles. The summed E-state index contributed by atoms with van der Waals surface area (Å²) in [6.45, 7) is 4.86. The number of hydrogen-bond donors (Lipinski definition) is 0. The largest absolute Gasteiger partial charge is 0.462 e. The van der Waals surface area contributed by atoms with Crippen molar-refractivity contribution in [1.29, 1.82) is 0 Å². The standard InChI is InChI=1S/C21H22ClN5O3/c1-2-30-21(28)15-7-9-16(10-8-15)27-20(23-24-25-27)19(26-11-13-29-14-12-26)17-5-3-4-6-18(17)22/h3-10,19H,2,11-14H2,1H3. The molecule has 1 aliphatic rings. The van der Waals surface area contributed by atoms with E-state index in [1.807, 2.05) is 24.3 Å². The number of carbonyl (C=O) groups is 1. The fraction of sp³-hybridized carbons (Fsp3) is 0.333. The summed E-state index contributed by atoms with van der Waals surface area (Å²) >= 11 is 6.55. The van der Waals surface area contributed by atoms with Gasteiger partial charge in [-0.2, -0.15) is 4.68 Å². The van der Waals surface area contributed by atoms with Crippen LogP contribution in [0.25, 0.3) is 5.69 Å². The molecule has 30 heavy (non-hydrogen) atoms. The van der Waals surface area contributed by atoms with Crippen LogP contribution >= 0.6 is 11.6 Å². The van der Waals surface area contributed by atoms with Gasteiger partial charge in [0.25, 0.3) is 0 Å². The van der Waals surface area contributed by atoms with Crippen molar-refractivity contribution in [3.05, 3.63) is 70.5 Å². The second-order valence-corrected chi connectivity index (χ2v) is 7.20. The number of benzene rings is 2. The van der Waals surface area contributed by atoms with E-state index in [-0.39, 0.29) is 12.0 Å². The molecule has 156 valence electrons. The lowest BCUT2D eigenvalue weighted by atomic mass is 10.0. The number of carbonyl (C=O) groups excluding carboxylic acids is 1. The average molecular weight is 428 g/mol. The first-order chi connectivity index (χ1) is 14.7. The Labute approximate surface area is 179 Å². The smallest absolute Gasteiger partial charge is 0.338 e. The van der Waals surface area contributed by atoms with Crippen molar-refractivity contribution in [3.63, 3.8) is 0 Å². The number of halogens is 1. The summed E-state index contributed by atoms with van der Waals surface area (Å²) in [7, 11) is 0. The van der Waals surface area contributed by atoms with Gasteiger partial charge in [0.15, 0.2) is 5.82 Å². The molecule has 2 aromatic carbocycles. The molecule has 0 aliphatic carbocycles. The van der Waals surface area contributed by atoms with E-state index in [0.29, 0.717) is 36.2 Å². The molecule has 2 heterocycles. The SMILES string of the molecule is CCOC(=O)c1ccc(-n2nnnc2C(c2ccccc2Cl)N2CCOCC2)cc1. The lowest BCUT2D eigenvalue weighted by Gasteiger charge is -2.34.